The van der Waals surface area contributed by atoms with E-state index in [1.165, 1.54) is 12.8 Å². The van der Waals surface area contributed by atoms with Crippen LogP contribution in [0.1, 0.15) is 37.0 Å². The first-order valence-electron chi connectivity index (χ1n) is 7.46. The number of carboxylic acid groups (broad SMARTS) is 1. The van der Waals surface area contributed by atoms with E-state index in [9.17, 15) is 9.90 Å². The van der Waals surface area contributed by atoms with Gasteiger partial charge in [0.25, 0.3) is 0 Å². The molecular weight excluding hydrogens is 264 g/mol. The summed E-state index contributed by atoms with van der Waals surface area (Å²) >= 11 is 0. The highest BCUT2D eigenvalue weighted by Gasteiger charge is 2.30. The minimum Gasteiger partial charge on any atom is -0.478 e. The van der Waals surface area contributed by atoms with Gasteiger partial charge in [-0.1, -0.05) is 19.9 Å². The third kappa shape index (κ3) is 2.84. The summed E-state index contributed by atoms with van der Waals surface area (Å²) in [5.74, 6) is 0.631. The van der Waals surface area contributed by atoms with Crippen LogP contribution in [-0.4, -0.2) is 28.6 Å². The number of pyridine rings is 1. The zero-order valence-corrected chi connectivity index (χ0v) is 12.4. The Morgan fingerprint density at radius 1 is 1.33 bits per heavy atom. The minimum atomic E-state index is -0.906. The maximum atomic E-state index is 11.3. The zero-order valence-electron chi connectivity index (χ0n) is 12.4. The molecule has 0 radical (unpaired) electrons. The quantitative estimate of drug-likeness (QED) is 0.912. The van der Waals surface area contributed by atoms with Crippen molar-refractivity contribution in [3.05, 3.63) is 35.9 Å². The van der Waals surface area contributed by atoms with Crippen LogP contribution in [0.25, 0.3) is 10.9 Å². The first-order chi connectivity index (χ1) is 10.1. The van der Waals surface area contributed by atoms with Crippen molar-refractivity contribution in [2.75, 3.05) is 11.4 Å². The Kier molecular flexibility index (Phi) is 3.53. The summed E-state index contributed by atoms with van der Waals surface area (Å²) in [5, 5.41) is 9.94. The van der Waals surface area contributed by atoms with Crippen molar-refractivity contribution in [3.63, 3.8) is 0 Å². The molecule has 1 aromatic carbocycles. The predicted molar refractivity (Wildman–Crippen MR) is 83.9 cm³/mol. The van der Waals surface area contributed by atoms with Crippen molar-refractivity contribution >= 4 is 22.7 Å². The number of hydrogen-bond acceptors (Lipinski definition) is 3. The molecule has 4 nitrogen and oxygen atoms in total. The molecule has 110 valence electrons. The topological polar surface area (TPSA) is 53.4 Å². The third-order valence-corrected chi connectivity index (χ3v) is 3.79. The summed E-state index contributed by atoms with van der Waals surface area (Å²) in [6.07, 6.45) is 2.45. The average Bonchev–Trinajstić information content (AvgIpc) is 3.27. The molecule has 0 amide bonds. The Hall–Kier alpha value is -2.10. The SMILES string of the molecule is CC(C)CN(c1ccc2c(C(=O)O)cccc2n1)C1CC1. The van der Waals surface area contributed by atoms with Crippen molar-refractivity contribution in [2.45, 2.75) is 32.7 Å². The van der Waals surface area contributed by atoms with Gasteiger partial charge in [-0.3, -0.25) is 0 Å². The van der Waals surface area contributed by atoms with Gasteiger partial charge in [0.2, 0.25) is 0 Å². The Bertz CT molecular complexity index is 678. The molecule has 3 rings (SSSR count). The molecule has 0 aliphatic heterocycles. The molecule has 1 aliphatic rings. The molecule has 0 saturated heterocycles. The fraction of sp³-hybridized carbons (Fsp3) is 0.412. The van der Waals surface area contributed by atoms with Crippen molar-refractivity contribution in [1.29, 1.82) is 0 Å². The number of benzene rings is 1. The summed E-state index contributed by atoms with van der Waals surface area (Å²) in [5.41, 5.74) is 1.06. The van der Waals surface area contributed by atoms with Gasteiger partial charge in [-0.05, 0) is 43.0 Å². The standard InChI is InChI=1S/C17H20N2O2/c1-11(2)10-19(12-6-7-12)16-9-8-13-14(17(20)21)4-3-5-15(13)18-16/h3-5,8-9,11-12H,6-7,10H2,1-2H3,(H,20,21). The number of aromatic nitrogens is 1. The van der Waals surface area contributed by atoms with Crippen LogP contribution in [0.4, 0.5) is 5.82 Å². The summed E-state index contributed by atoms with van der Waals surface area (Å²) in [6.45, 7) is 5.40. The van der Waals surface area contributed by atoms with E-state index in [1.54, 1.807) is 12.1 Å². The highest BCUT2D eigenvalue weighted by Crippen LogP contribution is 2.32. The van der Waals surface area contributed by atoms with E-state index >= 15 is 0 Å². The predicted octanol–water partition coefficient (Wildman–Crippen LogP) is 3.56. The number of carbonyl (C=O) groups is 1. The number of rotatable bonds is 5. The lowest BCUT2D eigenvalue weighted by molar-refractivity contribution is 0.0699. The average molecular weight is 284 g/mol. The summed E-state index contributed by atoms with van der Waals surface area (Å²) < 4.78 is 0. The van der Waals surface area contributed by atoms with Crippen molar-refractivity contribution in [2.24, 2.45) is 5.92 Å². The summed E-state index contributed by atoms with van der Waals surface area (Å²) in [7, 11) is 0. The number of nitrogens with zero attached hydrogens (tertiary/aromatic N) is 2. The van der Waals surface area contributed by atoms with Crippen molar-refractivity contribution in [1.82, 2.24) is 4.98 Å². The molecule has 4 heteroatoms. The fourth-order valence-corrected chi connectivity index (χ4v) is 2.70. The Morgan fingerprint density at radius 2 is 2.10 bits per heavy atom. The highest BCUT2D eigenvalue weighted by atomic mass is 16.4. The molecule has 1 fully saturated rings. The number of carboxylic acids is 1. The van der Waals surface area contributed by atoms with Gasteiger partial charge < -0.3 is 10.0 Å². The van der Waals surface area contributed by atoms with Gasteiger partial charge in [-0.2, -0.15) is 0 Å². The largest absolute Gasteiger partial charge is 0.478 e. The first kappa shape index (κ1) is 13.9. The van der Waals surface area contributed by atoms with E-state index in [1.807, 2.05) is 18.2 Å². The van der Waals surface area contributed by atoms with Crippen LogP contribution in [0.5, 0.6) is 0 Å². The van der Waals surface area contributed by atoms with Gasteiger partial charge in [0.05, 0.1) is 11.1 Å². The maximum absolute atomic E-state index is 11.3. The smallest absolute Gasteiger partial charge is 0.336 e. The molecule has 0 atom stereocenters. The molecule has 1 aliphatic carbocycles. The number of anilines is 1. The normalized spacial score (nSPS) is 14.6. The molecule has 0 bridgehead atoms. The van der Waals surface area contributed by atoms with E-state index in [0.29, 0.717) is 22.9 Å². The molecule has 2 aromatic rings. The Morgan fingerprint density at radius 3 is 2.71 bits per heavy atom. The van der Waals surface area contributed by atoms with Crippen LogP contribution in [0.2, 0.25) is 0 Å². The van der Waals surface area contributed by atoms with Gasteiger partial charge in [-0.25, -0.2) is 9.78 Å². The Labute approximate surface area is 124 Å². The van der Waals surface area contributed by atoms with Crippen molar-refractivity contribution < 1.29 is 9.90 Å². The van der Waals surface area contributed by atoms with Gasteiger partial charge >= 0.3 is 5.97 Å². The summed E-state index contributed by atoms with van der Waals surface area (Å²) in [4.78, 5) is 18.3. The van der Waals surface area contributed by atoms with Crippen LogP contribution < -0.4 is 4.90 Å². The second-order valence-electron chi connectivity index (χ2n) is 6.12. The number of aromatic carboxylic acids is 1. The highest BCUT2D eigenvalue weighted by molar-refractivity contribution is 6.02. The van der Waals surface area contributed by atoms with E-state index in [2.05, 4.69) is 18.7 Å². The first-order valence-corrected chi connectivity index (χ1v) is 7.46. The second-order valence-corrected chi connectivity index (χ2v) is 6.12. The zero-order chi connectivity index (χ0) is 15.0. The van der Waals surface area contributed by atoms with Gasteiger partial charge in [-0.15, -0.1) is 0 Å². The lowest BCUT2D eigenvalue weighted by Crippen LogP contribution is -2.30. The van der Waals surface area contributed by atoms with Gasteiger partial charge in [0, 0.05) is 18.0 Å². The number of hydrogen-bond donors (Lipinski definition) is 1. The molecule has 0 spiro atoms. The lowest BCUT2D eigenvalue weighted by Gasteiger charge is -2.25. The van der Waals surface area contributed by atoms with Gasteiger partial charge in [0.1, 0.15) is 5.82 Å². The van der Waals surface area contributed by atoms with Crippen LogP contribution in [-0.2, 0) is 0 Å². The van der Waals surface area contributed by atoms with E-state index < -0.39 is 5.97 Å². The Balaban J connectivity index is 2.02. The van der Waals surface area contributed by atoms with E-state index in [0.717, 1.165) is 17.9 Å². The minimum absolute atomic E-state index is 0.313. The van der Waals surface area contributed by atoms with Crippen LogP contribution in [0.3, 0.4) is 0 Å². The third-order valence-electron chi connectivity index (χ3n) is 3.79. The second kappa shape index (κ2) is 5.35. The van der Waals surface area contributed by atoms with E-state index in [-0.39, 0.29) is 0 Å². The lowest BCUT2D eigenvalue weighted by atomic mass is 10.1. The van der Waals surface area contributed by atoms with E-state index in [4.69, 9.17) is 4.98 Å². The molecule has 1 heterocycles. The monoisotopic (exact) mass is 284 g/mol. The molecule has 0 unspecified atom stereocenters. The maximum Gasteiger partial charge on any atom is 0.336 e. The molecule has 1 aromatic heterocycles. The molecule has 1 saturated carbocycles. The van der Waals surface area contributed by atoms with Crippen molar-refractivity contribution in [3.8, 4) is 0 Å². The number of fused-ring (bicyclic) bond motifs is 1. The molecular formula is C17H20N2O2. The van der Waals surface area contributed by atoms with Gasteiger partial charge in [0.15, 0.2) is 0 Å². The van der Waals surface area contributed by atoms with Crippen LogP contribution >= 0.6 is 0 Å². The summed E-state index contributed by atoms with van der Waals surface area (Å²) in [6, 6.07) is 9.70. The molecule has 21 heavy (non-hydrogen) atoms. The molecule has 1 N–H and O–H groups in total. The fourth-order valence-electron chi connectivity index (χ4n) is 2.70. The van der Waals surface area contributed by atoms with Crippen LogP contribution in [0.15, 0.2) is 30.3 Å². The van der Waals surface area contributed by atoms with Crippen LogP contribution in [0, 0.1) is 5.92 Å².